The van der Waals surface area contributed by atoms with E-state index >= 15 is 0 Å². The van der Waals surface area contributed by atoms with E-state index in [-0.39, 0.29) is 11.3 Å². The lowest BCUT2D eigenvalue weighted by atomic mass is 10.1. The van der Waals surface area contributed by atoms with Crippen LogP contribution in [0.5, 0.6) is 5.75 Å². The fourth-order valence-electron chi connectivity index (χ4n) is 1.75. The molecule has 0 amide bonds. The Kier molecular flexibility index (Phi) is 4.02. The number of ether oxygens (including phenoxy) is 1. The summed E-state index contributed by atoms with van der Waals surface area (Å²) in [5.74, 6) is -0.777. The van der Waals surface area contributed by atoms with Crippen molar-refractivity contribution in [1.29, 1.82) is 0 Å². The number of anilines is 1. The highest BCUT2D eigenvalue weighted by molar-refractivity contribution is 5.96. The van der Waals surface area contributed by atoms with E-state index in [0.717, 1.165) is 13.0 Å². The molecule has 0 bridgehead atoms. The van der Waals surface area contributed by atoms with Gasteiger partial charge in [-0.15, -0.1) is 0 Å². The third-order valence-electron chi connectivity index (χ3n) is 2.65. The molecule has 0 atom stereocenters. The first-order valence-electron chi connectivity index (χ1n) is 5.89. The van der Waals surface area contributed by atoms with Crippen molar-refractivity contribution in [1.82, 2.24) is 9.55 Å². The van der Waals surface area contributed by atoms with Gasteiger partial charge >= 0.3 is 5.97 Å². The number of carboxylic acid groups (broad SMARTS) is 1. The standard InChI is InChI=1S/C13H15N3O3/c14-10-3-1-4-11(12(10)13(17)18)19-8-2-6-16-7-5-15-9-16/h1,3-5,7,9H,2,6,8,14H2,(H,17,18). The zero-order valence-electron chi connectivity index (χ0n) is 10.3. The monoisotopic (exact) mass is 261 g/mol. The van der Waals surface area contributed by atoms with Crippen LogP contribution in [0.15, 0.2) is 36.9 Å². The van der Waals surface area contributed by atoms with Crippen molar-refractivity contribution in [3.63, 3.8) is 0 Å². The Balaban J connectivity index is 1.92. The number of rotatable bonds is 6. The highest BCUT2D eigenvalue weighted by atomic mass is 16.5. The molecule has 0 aliphatic rings. The SMILES string of the molecule is Nc1cccc(OCCCn2ccnc2)c1C(=O)O. The van der Waals surface area contributed by atoms with Crippen LogP contribution < -0.4 is 10.5 Å². The second-order valence-electron chi connectivity index (χ2n) is 4.03. The molecule has 2 rings (SSSR count). The summed E-state index contributed by atoms with van der Waals surface area (Å²) in [6.07, 6.45) is 6.05. The van der Waals surface area contributed by atoms with Gasteiger partial charge in [0, 0.05) is 24.6 Å². The molecule has 0 radical (unpaired) electrons. The third-order valence-corrected chi connectivity index (χ3v) is 2.65. The molecule has 0 unspecified atom stereocenters. The molecule has 6 heteroatoms. The first-order chi connectivity index (χ1) is 9.18. The van der Waals surface area contributed by atoms with E-state index in [1.807, 2.05) is 10.8 Å². The minimum atomic E-state index is -1.08. The molecule has 1 heterocycles. The highest BCUT2D eigenvalue weighted by Crippen LogP contribution is 2.24. The molecular weight excluding hydrogens is 246 g/mol. The molecule has 19 heavy (non-hydrogen) atoms. The zero-order valence-corrected chi connectivity index (χ0v) is 10.3. The Morgan fingerprint density at radius 2 is 2.32 bits per heavy atom. The molecule has 0 aliphatic heterocycles. The average molecular weight is 261 g/mol. The first kappa shape index (κ1) is 12.9. The molecule has 1 aromatic carbocycles. The van der Waals surface area contributed by atoms with Gasteiger partial charge in [0.25, 0.3) is 0 Å². The molecule has 1 aromatic heterocycles. The number of hydrogen-bond donors (Lipinski definition) is 2. The summed E-state index contributed by atoms with van der Waals surface area (Å²) in [4.78, 5) is 15.0. The van der Waals surface area contributed by atoms with Gasteiger partial charge in [-0.1, -0.05) is 6.07 Å². The fraction of sp³-hybridized carbons (Fsp3) is 0.231. The number of nitrogens with zero attached hydrogens (tertiary/aromatic N) is 2. The molecule has 100 valence electrons. The lowest BCUT2D eigenvalue weighted by Gasteiger charge is -2.10. The number of aromatic carboxylic acids is 1. The van der Waals surface area contributed by atoms with E-state index in [1.165, 1.54) is 0 Å². The van der Waals surface area contributed by atoms with Crippen molar-refractivity contribution < 1.29 is 14.6 Å². The van der Waals surface area contributed by atoms with Crippen LogP contribution in [0.1, 0.15) is 16.8 Å². The molecule has 0 saturated heterocycles. The summed E-state index contributed by atoms with van der Waals surface area (Å²) in [6, 6.07) is 4.83. The minimum absolute atomic E-state index is 0.0186. The fourth-order valence-corrected chi connectivity index (χ4v) is 1.75. The van der Waals surface area contributed by atoms with Crippen LogP contribution in [-0.2, 0) is 6.54 Å². The summed E-state index contributed by atoms with van der Waals surface area (Å²) >= 11 is 0. The van der Waals surface area contributed by atoms with Gasteiger partial charge in [-0.25, -0.2) is 9.78 Å². The minimum Gasteiger partial charge on any atom is -0.493 e. The third kappa shape index (κ3) is 3.25. The van der Waals surface area contributed by atoms with E-state index < -0.39 is 5.97 Å². The van der Waals surface area contributed by atoms with Crippen LogP contribution in [0.3, 0.4) is 0 Å². The van der Waals surface area contributed by atoms with Crippen LogP contribution in [0.2, 0.25) is 0 Å². The van der Waals surface area contributed by atoms with Crippen molar-refractivity contribution in [2.45, 2.75) is 13.0 Å². The second kappa shape index (κ2) is 5.90. The van der Waals surface area contributed by atoms with Gasteiger partial charge in [-0.05, 0) is 18.6 Å². The normalized spacial score (nSPS) is 10.3. The van der Waals surface area contributed by atoms with E-state index in [2.05, 4.69) is 4.98 Å². The largest absolute Gasteiger partial charge is 0.493 e. The summed E-state index contributed by atoms with van der Waals surface area (Å²) in [6.45, 7) is 1.19. The molecule has 0 spiro atoms. The molecule has 6 nitrogen and oxygen atoms in total. The number of aromatic nitrogens is 2. The Bertz CT molecular complexity index is 552. The van der Waals surface area contributed by atoms with Gasteiger partial charge in [0.2, 0.25) is 0 Å². The van der Waals surface area contributed by atoms with Crippen LogP contribution in [0.25, 0.3) is 0 Å². The van der Waals surface area contributed by atoms with E-state index in [9.17, 15) is 4.79 Å². The van der Waals surface area contributed by atoms with Gasteiger partial charge in [-0.3, -0.25) is 0 Å². The Morgan fingerprint density at radius 1 is 1.47 bits per heavy atom. The first-order valence-corrected chi connectivity index (χ1v) is 5.89. The van der Waals surface area contributed by atoms with Gasteiger partial charge < -0.3 is 20.1 Å². The number of nitrogens with two attached hydrogens (primary N) is 1. The highest BCUT2D eigenvalue weighted by Gasteiger charge is 2.14. The smallest absolute Gasteiger partial charge is 0.341 e. The summed E-state index contributed by atoms with van der Waals surface area (Å²) < 4.78 is 7.41. The predicted octanol–water partition coefficient (Wildman–Crippen LogP) is 1.63. The lowest BCUT2D eigenvalue weighted by molar-refractivity contribution is 0.0693. The van der Waals surface area contributed by atoms with Gasteiger partial charge in [-0.2, -0.15) is 0 Å². The molecule has 0 aliphatic carbocycles. The quantitative estimate of drug-likeness (QED) is 0.609. The number of imidazole rings is 1. The van der Waals surface area contributed by atoms with Gasteiger partial charge in [0.1, 0.15) is 11.3 Å². The van der Waals surface area contributed by atoms with Crippen molar-refractivity contribution >= 4 is 11.7 Å². The number of carbonyl (C=O) groups is 1. The Morgan fingerprint density at radius 3 is 3.00 bits per heavy atom. The topological polar surface area (TPSA) is 90.4 Å². The molecule has 0 fully saturated rings. The van der Waals surface area contributed by atoms with Crippen molar-refractivity contribution in [2.24, 2.45) is 0 Å². The van der Waals surface area contributed by atoms with Crippen LogP contribution in [0.4, 0.5) is 5.69 Å². The molecule has 0 saturated carbocycles. The van der Waals surface area contributed by atoms with Crippen molar-refractivity contribution in [2.75, 3.05) is 12.3 Å². The maximum Gasteiger partial charge on any atom is 0.341 e. The molecular formula is C13H15N3O3. The zero-order chi connectivity index (χ0) is 13.7. The van der Waals surface area contributed by atoms with Crippen LogP contribution >= 0.6 is 0 Å². The molecule has 2 aromatic rings. The number of benzene rings is 1. The number of nitrogen functional groups attached to an aromatic ring is 1. The Labute approximate surface area is 110 Å². The maximum atomic E-state index is 11.1. The summed E-state index contributed by atoms with van der Waals surface area (Å²) in [5.41, 5.74) is 5.86. The van der Waals surface area contributed by atoms with E-state index in [1.54, 1.807) is 30.7 Å². The van der Waals surface area contributed by atoms with Gasteiger partial charge in [0.15, 0.2) is 0 Å². The van der Waals surface area contributed by atoms with E-state index in [0.29, 0.717) is 12.4 Å². The summed E-state index contributed by atoms with van der Waals surface area (Å²) in [5, 5.41) is 9.08. The maximum absolute atomic E-state index is 11.1. The van der Waals surface area contributed by atoms with Crippen LogP contribution in [0, 0.1) is 0 Å². The number of hydrogen-bond acceptors (Lipinski definition) is 4. The number of carboxylic acids is 1. The van der Waals surface area contributed by atoms with E-state index in [4.69, 9.17) is 15.6 Å². The van der Waals surface area contributed by atoms with Crippen molar-refractivity contribution in [3.8, 4) is 5.75 Å². The molecule has 3 N–H and O–H groups in total. The van der Waals surface area contributed by atoms with Gasteiger partial charge in [0.05, 0.1) is 12.9 Å². The average Bonchev–Trinajstić information content (AvgIpc) is 2.87. The second-order valence-corrected chi connectivity index (χ2v) is 4.03. The lowest BCUT2D eigenvalue weighted by Crippen LogP contribution is -2.09. The summed E-state index contributed by atoms with van der Waals surface area (Å²) in [7, 11) is 0. The number of aryl methyl sites for hydroxylation is 1. The predicted molar refractivity (Wildman–Crippen MR) is 70.2 cm³/mol. The van der Waals surface area contributed by atoms with Crippen molar-refractivity contribution in [3.05, 3.63) is 42.5 Å². The van der Waals surface area contributed by atoms with Crippen LogP contribution in [-0.4, -0.2) is 27.2 Å². The Hall–Kier alpha value is -2.50.